The molecule has 6 nitrogen and oxygen atoms in total. The number of carbonyl (C=O) groups excluding carboxylic acids is 1. The molecule has 0 aliphatic carbocycles. The molecule has 0 aliphatic rings. The van der Waals surface area contributed by atoms with Gasteiger partial charge in [0.15, 0.2) is 0 Å². The third-order valence-electron chi connectivity index (χ3n) is 2.79. The fourth-order valence-electron chi connectivity index (χ4n) is 1.57. The number of amides is 2. The Morgan fingerprint density at radius 1 is 1.32 bits per heavy atom. The lowest BCUT2D eigenvalue weighted by Gasteiger charge is -2.30. The highest BCUT2D eigenvalue weighted by Gasteiger charge is 2.28. The summed E-state index contributed by atoms with van der Waals surface area (Å²) >= 11 is 0. The van der Waals surface area contributed by atoms with Crippen LogP contribution in [0.5, 0.6) is 0 Å². The number of ether oxygens (including phenoxy) is 1. The normalized spacial score (nSPS) is 14.6. The van der Waals surface area contributed by atoms with E-state index in [1.807, 2.05) is 27.7 Å². The first-order valence-electron chi connectivity index (χ1n) is 6.42. The van der Waals surface area contributed by atoms with E-state index < -0.39 is 12.0 Å². The minimum Gasteiger partial charge on any atom is -0.481 e. The van der Waals surface area contributed by atoms with E-state index in [1.54, 1.807) is 7.11 Å². The van der Waals surface area contributed by atoms with Gasteiger partial charge in [-0.2, -0.15) is 0 Å². The van der Waals surface area contributed by atoms with Crippen molar-refractivity contribution in [1.82, 2.24) is 10.6 Å². The lowest BCUT2D eigenvalue weighted by atomic mass is 9.85. The number of hydrogen-bond acceptors (Lipinski definition) is 3. The van der Waals surface area contributed by atoms with Crippen LogP contribution in [0.15, 0.2) is 0 Å². The van der Waals surface area contributed by atoms with Gasteiger partial charge in [0.25, 0.3) is 0 Å². The van der Waals surface area contributed by atoms with Crippen LogP contribution in [0.1, 0.15) is 34.1 Å². The van der Waals surface area contributed by atoms with E-state index in [4.69, 9.17) is 9.84 Å². The van der Waals surface area contributed by atoms with Crippen molar-refractivity contribution in [3.8, 4) is 0 Å². The zero-order valence-corrected chi connectivity index (χ0v) is 12.4. The molecule has 0 aliphatic heterocycles. The molecule has 0 spiro atoms. The summed E-state index contributed by atoms with van der Waals surface area (Å²) in [4.78, 5) is 22.5. The highest BCUT2D eigenvalue weighted by Crippen LogP contribution is 2.21. The molecule has 0 heterocycles. The molecular weight excluding hydrogens is 248 g/mol. The van der Waals surface area contributed by atoms with Gasteiger partial charge in [-0.1, -0.05) is 27.7 Å². The Morgan fingerprint density at radius 3 is 2.32 bits per heavy atom. The van der Waals surface area contributed by atoms with Gasteiger partial charge in [0, 0.05) is 19.7 Å². The Hall–Kier alpha value is -1.30. The Labute approximate surface area is 114 Å². The van der Waals surface area contributed by atoms with E-state index in [1.165, 1.54) is 0 Å². The quantitative estimate of drug-likeness (QED) is 0.656. The number of carbonyl (C=O) groups is 2. The van der Waals surface area contributed by atoms with Gasteiger partial charge < -0.3 is 20.5 Å². The van der Waals surface area contributed by atoms with Crippen LogP contribution in [0.25, 0.3) is 0 Å². The summed E-state index contributed by atoms with van der Waals surface area (Å²) in [6, 6.07) is -0.758. The van der Waals surface area contributed by atoms with Crippen molar-refractivity contribution in [3.63, 3.8) is 0 Å². The zero-order valence-electron chi connectivity index (χ0n) is 12.4. The van der Waals surface area contributed by atoms with Crippen molar-refractivity contribution < 1.29 is 19.4 Å². The summed E-state index contributed by atoms with van der Waals surface area (Å²) in [7, 11) is 1.61. The fourth-order valence-corrected chi connectivity index (χ4v) is 1.57. The van der Waals surface area contributed by atoms with Crippen molar-refractivity contribution in [3.05, 3.63) is 0 Å². The SMILES string of the molecule is COCC(C)CNC(=O)NC(CC(=O)O)C(C)(C)C. The van der Waals surface area contributed by atoms with E-state index in [2.05, 4.69) is 10.6 Å². The summed E-state index contributed by atoms with van der Waals surface area (Å²) in [6.45, 7) is 8.71. The maximum absolute atomic E-state index is 11.7. The molecule has 0 aromatic carbocycles. The van der Waals surface area contributed by atoms with Crippen LogP contribution < -0.4 is 10.6 Å². The van der Waals surface area contributed by atoms with E-state index in [0.29, 0.717) is 13.2 Å². The first-order valence-corrected chi connectivity index (χ1v) is 6.42. The molecule has 0 rings (SSSR count). The number of hydrogen-bond donors (Lipinski definition) is 3. The molecule has 0 saturated heterocycles. The maximum atomic E-state index is 11.7. The second kappa shape index (κ2) is 7.99. The third-order valence-corrected chi connectivity index (χ3v) is 2.79. The minimum atomic E-state index is -0.923. The van der Waals surface area contributed by atoms with Gasteiger partial charge in [0.2, 0.25) is 0 Å². The van der Waals surface area contributed by atoms with Gasteiger partial charge >= 0.3 is 12.0 Å². The Balaban J connectivity index is 4.28. The molecule has 6 heteroatoms. The summed E-state index contributed by atoms with van der Waals surface area (Å²) in [6.07, 6.45) is -0.0927. The van der Waals surface area contributed by atoms with Crippen LogP contribution in [0.3, 0.4) is 0 Å². The summed E-state index contributed by atoms with van der Waals surface area (Å²) in [5, 5.41) is 14.3. The van der Waals surface area contributed by atoms with Crippen molar-refractivity contribution in [2.75, 3.05) is 20.3 Å². The number of aliphatic carboxylic acids is 1. The number of urea groups is 1. The fraction of sp³-hybridized carbons (Fsp3) is 0.846. The van der Waals surface area contributed by atoms with Crippen LogP contribution in [0.4, 0.5) is 4.79 Å². The average Bonchev–Trinajstić information content (AvgIpc) is 2.24. The van der Waals surface area contributed by atoms with Gasteiger partial charge in [-0.3, -0.25) is 4.79 Å². The highest BCUT2D eigenvalue weighted by molar-refractivity contribution is 5.75. The first-order chi connectivity index (χ1) is 8.66. The van der Waals surface area contributed by atoms with Crippen LogP contribution in [-0.2, 0) is 9.53 Å². The van der Waals surface area contributed by atoms with E-state index >= 15 is 0 Å². The smallest absolute Gasteiger partial charge is 0.315 e. The largest absolute Gasteiger partial charge is 0.481 e. The standard InChI is InChI=1S/C13H26N2O4/c1-9(8-19-5)7-14-12(18)15-10(6-11(16)17)13(2,3)4/h9-10H,6-8H2,1-5H3,(H,16,17)(H2,14,15,18). The van der Waals surface area contributed by atoms with Crippen molar-refractivity contribution in [2.24, 2.45) is 11.3 Å². The molecule has 0 saturated carbocycles. The van der Waals surface area contributed by atoms with Gasteiger partial charge in [0.1, 0.15) is 0 Å². The summed E-state index contributed by atoms with van der Waals surface area (Å²) in [5.41, 5.74) is -0.312. The molecule has 0 fully saturated rings. The third kappa shape index (κ3) is 8.42. The van der Waals surface area contributed by atoms with Gasteiger partial charge in [-0.25, -0.2) is 4.79 Å². The molecule has 0 radical (unpaired) electrons. The molecule has 2 atom stereocenters. The molecule has 2 unspecified atom stereocenters. The maximum Gasteiger partial charge on any atom is 0.315 e. The predicted molar refractivity (Wildman–Crippen MR) is 73.1 cm³/mol. The van der Waals surface area contributed by atoms with E-state index in [9.17, 15) is 9.59 Å². The molecule has 0 bridgehead atoms. The van der Waals surface area contributed by atoms with Crippen LogP contribution in [0, 0.1) is 11.3 Å². The summed E-state index contributed by atoms with van der Waals surface area (Å²) < 4.78 is 4.97. The number of carboxylic acids is 1. The van der Waals surface area contributed by atoms with Crippen molar-refractivity contribution in [1.29, 1.82) is 0 Å². The molecular formula is C13H26N2O4. The molecule has 0 aromatic heterocycles. The number of rotatable bonds is 7. The average molecular weight is 274 g/mol. The van der Waals surface area contributed by atoms with Gasteiger partial charge in [0.05, 0.1) is 13.0 Å². The monoisotopic (exact) mass is 274 g/mol. The Morgan fingerprint density at radius 2 is 1.89 bits per heavy atom. The van der Waals surface area contributed by atoms with E-state index in [0.717, 1.165) is 0 Å². The Bertz CT molecular complexity index is 300. The topological polar surface area (TPSA) is 87.7 Å². The first kappa shape index (κ1) is 17.7. The number of nitrogens with one attached hydrogen (secondary N) is 2. The second-order valence-corrected chi connectivity index (χ2v) is 5.93. The summed E-state index contributed by atoms with van der Waals surface area (Å²) in [5.74, 6) is -0.712. The van der Waals surface area contributed by atoms with Crippen LogP contribution >= 0.6 is 0 Å². The molecule has 112 valence electrons. The lowest BCUT2D eigenvalue weighted by molar-refractivity contribution is -0.138. The molecule has 19 heavy (non-hydrogen) atoms. The van der Waals surface area contributed by atoms with Gasteiger partial charge in [-0.05, 0) is 11.3 Å². The van der Waals surface area contributed by atoms with Crippen LogP contribution in [-0.4, -0.2) is 43.4 Å². The second-order valence-electron chi connectivity index (χ2n) is 5.93. The van der Waals surface area contributed by atoms with E-state index in [-0.39, 0.29) is 23.8 Å². The van der Waals surface area contributed by atoms with Gasteiger partial charge in [-0.15, -0.1) is 0 Å². The number of methoxy groups -OCH3 is 1. The zero-order chi connectivity index (χ0) is 15.1. The van der Waals surface area contributed by atoms with Crippen molar-refractivity contribution in [2.45, 2.75) is 40.2 Å². The van der Waals surface area contributed by atoms with Crippen LogP contribution in [0.2, 0.25) is 0 Å². The molecule has 2 amide bonds. The Kier molecular flexibility index (Phi) is 7.44. The highest BCUT2D eigenvalue weighted by atomic mass is 16.5. The molecule has 3 N–H and O–H groups in total. The molecule has 0 aromatic rings. The minimum absolute atomic E-state index is 0.0927. The number of carboxylic acid groups (broad SMARTS) is 1. The van der Waals surface area contributed by atoms with Crippen molar-refractivity contribution >= 4 is 12.0 Å². The lowest BCUT2D eigenvalue weighted by Crippen LogP contribution is -2.49. The predicted octanol–water partition coefficient (Wildman–Crippen LogP) is 1.46.